The van der Waals surface area contributed by atoms with Crippen molar-refractivity contribution in [2.45, 2.75) is 6.42 Å². The molecule has 2 saturated heterocycles. The molecule has 4 aromatic carbocycles. The molecule has 0 bridgehead atoms. The third-order valence-electron chi connectivity index (χ3n) is 8.56. The number of Topliss-reactive ketones (excluding diaryl/α,β-unsaturated/α-hetero) is 2. The van der Waals surface area contributed by atoms with Crippen LogP contribution in [0.5, 0.6) is 23.0 Å². The van der Waals surface area contributed by atoms with Crippen molar-refractivity contribution in [2.75, 3.05) is 26.2 Å². The lowest BCUT2D eigenvalue weighted by Crippen LogP contribution is -2.46. The van der Waals surface area contributed by atoms with Gasteiger partial charge in [0.05, 0.1) is 0 Å². The van der Waals surface area contributed by atoms with Crippen LogP contribution in [0.1, 0.15) is 28.7 Å². The Labute approximate surface area is 293 Å². The molecule has 0 spiro atoms. The molecular formula is C41H34N2O8. The standard InChI is InChI=1S/C41H34N2O8/c44-34-9-1-26(2-10-34)17-30-22-42(23-31(40(30)50)18-27-3-11-35(45)12-4-27)38(48)21-39(49)43-24-32(19-28-5-13-36(46)14-6-28)41(51)33(25-43)20-29-7-15-37(47)16-8-29/h1-20,44-47H,21-25H2/b30-17-,31-18+,32-19+,33-20+. The third-order valence-corrected chi connectivity index (χ3v) is 8.56. The number of phenols is 4. The highest BCUT2D eigenvalue weighted by atomic mass is 16.3. The number of nitrogens with zero attached hydrogens (tertiary/aromatic N) is 2. The first kappa shape index (κ1) is 34.2. The number of rotatable bonds is 6. The lowest BCUT2D eigenvalue weighted by Gasteiger charge is -2.32. The van der Waals surface area contributed by atoms with E-state index in [1.54, 1.807) is 72.8 Å². The average Bonchev–Trinajstić information content (AvgIpc) is 3.11. The molecule has 2 heterocycles. The monoisotopic (exact) mass is 682 g/mol. The minimum Gasteiger partial charge on any atom is -0.508 e. The van der Waals surface area contributed by atoms with Gasteiger partial charge in [-0.2, -0.15) is 0 Å². The highest BCUT2D eigenvalue weighted by Crippen LogP contribution is 2.27. The Hall–Kier alpha value is -6.68. The average molecular weight is 683 g/mol. The number of amides is 2. The van der Waals surface area contributed by atoms with Gasteiger partial charge in [0, 0.05) is 48.5 Å². The van der Waals surface area contributed by atoms with Gasteiger partial charge in [0.2, 0.25) is 11.8 Å². The number of carbonyl (C=O) groups excluding carboxylic acids is 4. The summed E-state index contributed by atoms with van der Waals surface area (Å²) < 4.78 is 0. The van der Waals surface area contributed by atoms with Crippen LogP contribution in [-0.4, -0.2) is 79.8 Å². The minimum atomic E-state index is -0.514. The molecule has 10 nitrogen and oxygen atoms in total. The van der Waals surface area contributed by atoms with Crippen molar-refractivity contribution in [2.24, 2.45) is 0 Å². The lowest BCUT2D eigenvalue weighted by molar-refractivity contribution is -0.140. The molecule has 256 valence electrons. The summed E-state index contributed by atoms with van der Waals surface area (Å²) in [6.07, 6.45) is 6.06. The summed E-state index contributed by atoms with van der Waals surface area (Å²) >= 11 is 0. The normalized spacial score (nSPS) is 18.2. The van der Waals surface area contributed by atoms with Gasteiger partial charge < -0.3 is 30.2 Å². The molecule has 51 heavy (non-hydrogen) atoms. The molecule has 0 aliphatic carbocycles. The quantitative estimate of drug-likeness (QED) is 0.157. The molecule has 2 aliphatic heterocycles. The smallest absolute Gasteiger partial charge is 0.232 e. The second-order valence-corrected chi connectivity index (χ2v) is 12.4. The van der Waals surface area contributed by atoms with Crippen LogP contribution < -0.4 is 0 Å². The molecule has 2 aliphatic rings. The van der Waals surface area contributed by atoms with E-state index in [0.717, 1.165) is 0 Å². The van der Waals surface area contributed by atoms with Crippen LogP contribution in [0.2, 0.25) is 0 Å². The second-order valence-electron chi connectivity index (χ2n) is 12.4. The van der Waals surface area contributed by atoms with Crippen LogP contribution in [0.15, 0.2) is 119 Å². The van der Waals surface area contributed by atoms with Gasteiger partial charge >= 0.3 is 0 Å². The fraction of sp³-hybridized carbons (Fsp3) is 0.122. The molecule has 0 unspecified atom stereocenters. The molecule has 4 aromatic rings. The van der Waals surface area contributed by atoms with E-state index in [1.807, 2.05) is 0 Å². The maximum atomic E-state index is 13.8. The van der Waals surface area contributed by atoms with E-state index in [4.69, 9.17) is 0 Å². The van der Waals surface area contributed by atoms with Gasteiger partial charge in [0.15, 0.2) is 11.6 Å². The largest absolute Gasteiger partial charge is 0.508 e. The Balaban J connectivity index is 1.27. The Bertz CT molecular complexity index is 1820. The van der Waals surface area contributed by atoms with Crippen molar-refractivity contribution >= 4 is 47.7 Å². The number of likely N-dealkylation sites (tertiary alicyclic amines) is 2. The molecule has 4 N–H and O–H groups in total. The zero-order valence-corrected chi connectivity index (χ0v) is 27.4. The van der Waals surface area contributed by atoms with E-state index in [9.17, 15) is 39.6 Å². The predicted octanol–water partition coefficient (Wildman–Crippen LogP) is 5.36. The highest BCUT2D eigenvalue weighted by Gasteiger charge is 2.33. The van der Waals surface area contributed by atoms with Gasteiger partial charge in [-0.3, -0.25) is 19.2 Å². The molecule has 6 rings (SSSR count). The molecule has 0 atom stereocenters. The molecule has 0 radical (unpaired) electrons. The van der Waals surface area contributed by atoms with Crippen molar-refractivity contribution in [1.29, 1.82) is 0 Å². The molecule has 0 saturated carbocycles. The maximum absolute atomic E-state index is 13.8. The first-order valence-corrected chi connectivity index (χ1v) is 16.1. The van der Waals surface area contributed by atoms with E-state index in [-0.39, 0.29) is 60.7 Å². The fourth-order valence-corrected chi connectivity index (χ4v) is 5.87. The van der Waals surface area contributed by atoms with E-state index >= 15 is 0 Å². The van der Waals surface area contributed by atoms with Gasteiger partial charge in [-0.05, 0) is 95.1 Å². The topological polar surface area (TPSA) is 156 Å². The van der Waals surface area contributed by atoms with Crippen molar-refractivity contribution in [1.82, 2.24) is 9.80 Å². The van der Waals surface area contributed by atoms with Crippen LogP contribution in [-0.2, 0) is 19.2 Å². The SMILES string of the molecule is O=C1/C(=C\c2ccc(O)cc2)CN(C(=O)CC(=O)N2C/C(=C\c3ccc(O)cc3)C(=O)/C(=C/c3ccc(O)cc3)C2)C/C1=C\c1ccc(O)cc1. The van der Waals surface area contributed by atoms with E-state index in [1.165, 1.54) is 58.3 Å². The van der Waals surface area contributed by atoms with Crippen molar-refractivity contribution in [3.8, 4) is 23.0 Å². The van der Waals surface area contributed by atoms with E-state index in [2.05, 4.69) is 0 Å². The van der Waals surface area contributed by atoms with Crippen LogP contribution in [0.3, 0.4) is 0 Å². The lowest BCUT2D eigenvalue weighted by atomic mass is 9.93. The summed E-state index contributed by atoms with van der Waals surface area (Å²) in [5.41, 5.74) is 3.85. The summed E-state index contributed by atoms with van der Waals surface area (Å²) in [5.74, 6) is -1.29. The number of carbonyl (C=O) groups is 4. The number of aromatic hydroxyl groups is 4. The summed E-state index contributed by atoms with van der Waals surface area (Å²) in [4.78, 5) is 57.8. The predicted molar refractivity (Wildman–Crippen MR) is 192 cm³/mol. The van der Waals surface area contributed by atoms with E-state index < -0.39 is 18.2 Å². The summed E-state index contributed by atoms with van der Waals surface area (Å²) in [5, 5.41) is 38.9. The Morgan fingerprint density at radius 2 is 0.647 bits per heavy atom. The number of hydrogen-bond acceptors (Lipinski definition) is 8. The fourth-order valence-electron chi connectivity index (χ4n) is 5.87. The Kier molecular flexibility index (Phi) is 9.95. The summed E-state index contributed by atoms with van der Waals surface area (Å²) in [6, 6.07) is 25.1. The van der Waals surface area contributed by atoms with E-state index in [0.29, 0.717) is 44.5 Å². The zero-order chi connectivity index (χ0) is 36.1. The number of piperidine rings is 2. The molecule has 2 fully saturated rings. The maximum Gasteiger partial charge on any atom is 0.232 e. The first-order chi connectivity index (χ1) is 24.5. The van der Waals surface area contributed by atoms with Crippen LogP contribution >= 0.6 is 0 Å². The molecule has 2 amide bonds. The van der Waals surface area contributed by atoms with Crippen molar-refractivity contribution < 1.29 is 39.6 Å². The molecule has 0 aromatic heterocycles. The van der Waals surface area contributed by atoms with Gasteiger partial charge in [-0.15, -0.1) is 0 Å². The summed E-state index contributed by atoms with van der Waals surface area (Å²) in [7, 11) is 0. The molecule has 10 heteroatoms. The van der Waals surface area contributed by atoms with Gasteiger partial charge in [-0.1, -0.05) is 48.5 Å². The van der Waals surface area contributed by atoms with Gasteiger partial charge in [0.25, 0.3) is 0 Å². The van der Waals surface area contributed by atoms with Crippen molar-refractivity contribution in [3.63, 3.8) is 0 Å². The van der Waals surface area contributed by atoms with Crippen LogP contribution in [0.25, 0.3) is 24.3 Å². The Morgan fingerprint density at radius 1 is 0.431 bits per heavy atom. The zero-order valence-electron chi connectivity index (χ0n) is 27.4. The van der Waals surface area contributed by atoms with Gasteiger partial charge in [0.1, 0.15) is 29.4 Å². The number of benzene rings is 4. The number of ketones is 2. The Morgan fingerprint density at radius 3 is 0.863 bits per heavy atom. The van der Waals surface area contributed by atoms with Gasteiger partial charge in [-0.25, -0.2) is 0 Å². The first-order valence-electron chi connectivity index (χ1n) is 16.1. The second kappa shape index (κ2) is 14.8. The third kappa shape index (κ3) is 8.49. The van der Waals surface area contributed by atoms with Crippen LogP contribution in [0.4, 0.5) is 0 Å². The number of hydrogen-bond donors (Lipinski definition) is 4. The highest BCUT2D eigenvalue weighted by molar-refractivity contribution is 6.17. The van der Waals surface area contributed by atoms with Crippen molar-refractivity contribution in [3.05, 3.63) is 142 Å². The van der Waals surface area contributed by atoms with Crippen LogP contribution in [0, 0.1) is 0 Å². The summed E-state index contributed by atoms with van der Waals surface area (Å²) in [6.45, 7) is -0.186. The molecular weight excluding hydrogens is 648 g/mol. The number of phenolic OH excluding ortho intramolecular Hbond substituents is 4. The minimum absolute atomic E-state index is 0.0464.